The van der Waals surface area contributed by atoms with Crippen LogP contribution in [0.3, 0.4) is 0 Å². The van der Waals surface area contributed by atoms with E-state index >= 15 is 0 Å². The molecule has 5 heteroatoms. The highest BCUT2D eigenvalue weighted by atomic mass is 16.5. The summed E-state index contributed by atoms with van der Waals surface area (Å²) in [5.74, 6) is 1.04. The fourth-order valence-corrected chi connectivity index (χ4v) is 4.08. The van der Waals surface area contributed by atoms with Crippen LogP contribution in [0.15, 0.2) is 47.5 Å². The van der Waals surface area contributed by atoms with Gasteiger partial charge >= 0.3 is 0 Å². The van der Waals surface area contributed by atoms with Crippen LogP contribution in [0.1, 0.15) is 38.3 Å². The number of aliphatic imine (C=N–C) groups is 1. The zero-order valence-corrected chi connectivity index (χ0v) is 17.4. The Hall–Kier alpha value is -2.40. The number of hydrogen-bond acceptors (Lipinski definition) is 4. The number of fused-ring (bicyclic) bond motifs is 1. The van der Waals surface area contributed by atoms with Crippen molar-refractivity contribution in [1.82, 2.24) is 4.90 Å². The summed E-state index contributed by atoms with van der Waals surface area (Å²) in [6, 6.07) is 6.51. The Balaban J connectivity index is 1.90. The van der Waals surface area contributed by atoms with Crippen molar-refractivity contribution in [2.75, 3.05) is 25.3 Å². The lowest BCUT2D eigenvalue weighted by atomic mass is 10.0. The number of para-hydroxylation sites is 1. The summed E-state index contributed by atoms with van der Waals surface area (Å²) >= 11 is 0. The average molecular weight is 382 g/mol. The molecule has 5 nitrogen and oxygen atoms in total. The highest BCUT2D eigenvalue weighted by Gasteiger charge is 2.35. The molecule has 0 saturated carbocycles. The maximum Gasteiger partial charge on any atom is 0.248 e. The lowest BCUT2D eigenvalue weighted by Gasteiger charge is -2.32. The minimum Gasteiger partial charge on any atom is -0.364 e. The minimum absolute atomic E-state index is 0.0437. The van der Waals surface area contributed by atoms with Crippen LogP contribution in [0, 0.1) is 0 Å². The van der Waals surface area contributed by atoms with Gasteiger partial charge in [-0.3, -0.25) is 14.7 Å². The number of carbonyl (C=O) groups excluding carboxylic acids is 1. The molecule has 2 atom stereocenters. The molecule has 1 aromatic carbocycles. The number of aryl methyl sites for hydroxylation is 2. The van der Waals surface area contributed by atoms with Crippen LogP contribution in [0.25, 0.3) is 0 Å². The summed E-state index contributed by atoms with van der Waals surface area (Å²) < 4.78 is 5.43. The molecule has 0 bridgehead atoms. The molecule has 0 aromatic heterocycles. The smallest absolute Gasteiger partial charge is 0.248 e. The summed E-state index contributed by atoms with van der Waals surface area (Å²) in [6.45, 7) is 6.89. The highest BCUT2D eigenvalue weighted by Crippen LogP contribution is 2.29. The number of nitrogens with zero attached hydrogens (tertiary/aromatic N) is 3. The van der Waals surface area contributed by atoms with E-state index in [2.05, 4.69) is 56.0 Å². The van der Waals surface area contributed by atoms with E-state index in [1.165, 1.54) is 11.1 Å². The lowest BCUT2D eigenvalue weighted by Crippen LogP contribution is -2.47. The molecule has 0 radical (unpaired) electrons. The number of amidine groups is 1. The van der Waals surface area contributed by atoms with Crippen LogP contribution in [-0.2, 0) is 22.4 Å². The lowest BCUT2D eigenvalue weighted by molar-refractivity contribution is -0.120. The quantitative estimate of drug-likeness (QED) is 0.645. The molecule has 1 heterocycles. The first kappa shape index (κ1) is 20.3. The predicted molar refractivity (Wildman–Crippen MR) is 115 cm³/mol. The minimum atomic E-state index is 0.0437. The van der Waals surface area contributed by atoms with E-state index in [9.17, 15) is 4.79 Å². The van der Waals surface area contributed by atoms with Crippen LogP contribution in [0.2, 0.25) is 0 Å². The first-order chi connectivity index (χ1) is 13.6. The number of ether oxygens (including phenoxy) is 1. The third kappa shape index (κ3) is 3.90. The van der Waals surface area contributed by atoms with Crippen molar-refractivity contribution in [3.05, 3.63) is 53.6 Å². The second-order valence-electron chi connectivity index (χ2n) is 7.15. The van der Waals surface area contributed by atoms with Crippen LogP contribution in [-0.4, -0.2) is 49.1 Å². The zero-order valence-electron chi connectivity index (χ0n) is 17.4. The maximum atomic E-state index is 13.5. The Labute approximate surface area is 168 Å². The number of anilines is 1. The van der Waals surface area contributed by atoms with E-state index in [1.807, 2.05) is 12.2 Å². The van der Waals surface area contributed by atoms with Crippen molar-refractivity contribution in [2.24, 2.45) is 4.99 Å². The van der Waals surface area contributed by atoms with Crippen molar-refractivity contribution >= 4 is 17.4 Å². The standard InChI is InChI=1S/C23H31N3O2/c1-5-17-11-10-12-18(6-2)23(17)26(16-28-4)22(27)15-25-20-14-9-8-13-19(20)24-21(25)7-3/h8-14,19-20H,5-7,15-16H2,1-4H3. The Bertz CT molecular complexity index is 775. The van der Waals surface area contributed by atoms with Crippen molar-refractivity contribution < 1.29 is 9.53 Å². The SMILES string of the molecule is CCC1=NC2C=CC=CC2N1CC(=O)N(COC)c1c(CC)cccc1CC. The molecule has 0 N–H and O–H groups in total. The number of rotatable bonds is 8. The van der Waals surface area contributed by atoms with Gasteiger partial charge in [-0.25, -0.2) is 0 Å². The Morgan fingerprint density at radius 1 is 1.11 bits per heavy atom. The topological polar surface area (TPSA) is 45.1 Å². The van der Waals surface area contributed by atoms with Crippen molar-refractivity contribution in [3.63, 3.8) is 0 Å². The van der Waals surface area contributed by atoms with Gasteiger partial charge in [-0.15, -0.1) is 0 Å². The molecular weight excluding hydrogens is 350 g/mol. The maximum absolute atomic E-state index is 13.5. The van der Waals surface area contributed by atoms with Crippen LogP contribution in [0.5, 0.6) is 0 Å². The third-order valence-corrected chi connectivity index (χ3v) is 5.48. The van der Waals surface area contributed by atoms with E-state index < -0.39 is 0 Å². The predicted octanol–water partition coefficient (Wildman–Crippen LogP) is 3.74. The van der Waals surface area contributed by atoms with Gasteiger partial charge in [0.2, 0.25) is 5.91 Å². The third-order valence-electron chi connectivity index (χ3n) is 5.48. The molecule has 1 amide bonds. The molecule has 3 rings (SSSR count). The fraction of sp³-hybridized carbons (Fsp3) is 0.478. The molecule has 0 fully saturated rings. The van der Waals surface area contributed by atoms with Gasteiger partial charge in [0.1, 0.15) is 12.6 Å². The molecule has 1 aliphatic heterocycles. The highest BCUT2D eigenvalue weighted by molar-refractivity contribution is 5.99. The van der Waals surface area contributed by atoms with E-state index in [1.54, 1.807) is 12.0 Å². The van der Waals surface area contributed by atoms with E-state index in [4.69, 9.17) is 9.73 Å². The second-order valence-corrected chi connectivity index (χ2v) is 7.15. The van der Waals surface area contributed by atoms with Crippen LogP contribution in [0.4, 0.5) is 5.69 Å². The molecule has 150 valence electrons. The molecule has 28 heavy (non-hydrogen) atoms. The molecule has 0 saturated heterocycles. The number of benzene rings is 1. The summed E-state index contributed by atoms with van der Waals surface area (Å²) in [5, 5.41) is 0. The normalized spacial score (nSPS) is 20.3. The van der Waals surface area contributed by atoms with Crippen molar-refractivity contribution in [1.29, 1.82) is 0 Å². The van der Waals surface area contributed by atoms with Crippen LogP contribution >= 0.6 is 0 Å². The summed E-state index contributed by atoms with van der Waals surface area (Å²) in [6.07, 6.45) is 10.9. The van der Waals surface area contributed by atoms with Crippen LogP contribution < -0.4 is 4.90 Å². The number of hydrogen-bond donors (Lipinski definition) is 0. The number of methoxy groups -OCH3 is 1. The molecule has 2 unspecified atom stereocenters. The Morgan fingerprint density at radius 2 is 1.79 bits per heavy atom. The monoisotopic (exact) mass is 381 g/mol. The van der Waals surface area contributed by atoms with Gasteiger partial charge in [0.15, 0.2) is 0 Å². The molecular formula is C23H31N3O2. The van der Waals surface area contributed by atoms with Gasteiger partial charge in [0.05, 0.1) is 24.3 Å². The largest absolute Gasteiger partial charge is 0.364 e. The molecule has 1 aliphatic carbocycles. The summed E-state index contributed by atoms with van der Waals surface area (Å²) in [4.78, 5) is 22.2. The Kier molecular flexibility index (Phi) is 6.68. The van der Waals surface area contributed by atoms with Crippen molar-refractivity contribution in [3.8, 4) is 0 Å². The molecule has 0 spiro atoms. The van der Waals surface area contributed by atoms with E-state index in [0.717, 1.165) is 30.8 Å². The number of allylic oxidation sites excluding steroid dienone is 2. The Morgan fingerprint density at radius 3 is 2.39 bits per heavy atom. The van der Waals surface area contributed by atoms with Crippen molar-refractivity contribution in [2.45, 2.75) is 52.1 Å². The number of carbonyl (C=O) groups is 1. The number of amides is 1. The van der Waals surface area contributed by atoms with E-state index in [0.29, 0.717) is 6.54 Å². The first-order valence-electron chi connectivity index (χ1n) is 10.2. The average Bonchev–Trinajstić information content (AvgIpc) is 3.09. The van der Waals surface area contributed by atoms with Gasteiger partial charge < -0.3 is 9.64 Å². The van der Waals surface area contributed by atoms with Gasteiger partial charge in [0, 0.05) is 13.5 Å². The fourth-order valence-electron chi connectivity index (χ4n) is 4.08. The molecule has 1 aromatic rings. The van der Waals surface area contributed by atoms with Gasteiger partial charge in [-0.05, 0) is 24.0 Å². The van der Waals surface area contributed by atoms with Gasteiger partial charge in [-0.2, -0.15) is 0 Å². The molecule has 2 aliphatic rings. The van der Waals surface area contributed by atoms with Gasteiger partial charge in [0.25, 0.3) is 0 Å². The second kappa shape index (κ2) is 9.20. The summed E-state index contributed by atoms with van der Waals surface area (Å²) in [5.41, 5.74) is 3.35. The zero-order chi connectivity index (χ0) is 20.1. The van der Waals surface area contributed by atoms with E-state index in [-0.39, 0.29) is 24.7 Å². The summed E-state index contributed by atoms with van der Waals surface area (Å²) in [7, 11) is 1.64. The van der Waals surface area contributed by atoms with Gasteiger partial charge in [-0.1, -0.05) is 63.3 Å². The first-order valence-corrected chi connectivity index (χ1v) is 10.2.